The summed E-state index contributed by atoms with van der Waals surface area (Å²) in [5, 5.41) is 0. The maximum absolute atomic E-state index is 14.4. The van der Waals surface area contributed by atoms with Crippen LogP contribution in [-0.4, -0.2) is 13.2 Å². The van der Waals surface area contributed by atoms with Gasteiger partial charge in [-0.05, 0) is 37.1 Å². The van der Waals surface area contributed by atoms with Crippen molar-refractivity contribution >= 4 is 0 Å². The molecule has 0 amide bonds. The summed E-state index contributed by atoms with van der Waals surface area (Å²) in [6.45, 7) is 3.32. The molecule has 2 nitrogen and oxygen atoms in total. The van der Waals surface area contributed by atoms with Crippen molar-refractivity contribution in [2.45, 2.75) is 39.5 Å². The van der Waals surface area contributed by atoms with E-state index in [-0.39, 0.29) is 24.3 Å². The molecular weight excluding hydrogens is 544 g/mol. The van der Waals surface area contributed by atoms with Crippen LogP contribution in [0.4, 0.5) is 35.1 Å². The summed E-state index contributed by atoms with van der Waals surface area (Å²) in [6, 6.07) is 5.17. The largest absolute Gasteiger partial charge is 0.487 e. The highest BCUT2D eigenvalue weighted by Crippen LogP contribution is 2.31. The number of unbranched alkanes of at least 4 members (excludes halogenated alkanes) is 2. The highest BCUT2D eigenvalue weighted by Gasteiger charge is 2.27. The predicted molar refractivity (Wildman–Crippen MR) is 132 cm³/mol. The Bertz CT molecular complexity index is 1340. The number of hydrogen-bond donors (Lipinski definition) is 0. The zero-order valence-corrected chi connectivity index (χ0v) is 21.4. The molecule has 0 saturated heterocycles. The molecule has 0 heterocycles. The second-order valence-electron chi connectivity index (χ2n) is 8.40. The highest BCUT2D eigenvalue weighted by atomic mass is 19.2. The second-order valence-corrected chi connectivity index (χ2v) is 8.40. The maximum Gasteiger partial charge on any atom is 0.205 e. The van der Waals surface area contributed by atoms with Gasteiger partial charge in [0.05, 0.1) is 13.2 Å². The smallest absolute Gasteiger partial charge is 0.205 e. The molecule has 3 aromatic rings. The van der Waals surface area contributed by atoms with E-state index in [1.807, 2.05) is 11.8 Å². The van der Waals surface area contributed by atoms with Crippen LogP contribution in [0.2, 0.25) is 0 Å². The van der Waals surface area contributed by atoms with Gasteiger partial charge >= 0.3 is 0 Å². The second kappa shape index (κ2) is 13.7. The molecule has 3 rings (SSSR count). The number of rotatable bonds is 8. The summed E-state index contributed by atoms with van der Waals surface area (Å²) in [5.74, 6) is -7.28. The molecular formula is C30H22F8O2. The van der Waals surface area contributed by atoms with Gasteiger partial charge < -0.3 is 9.47 Å². The van der Waals surface area contributed by atoms with Gasteiger partial charge in [0.25, 0.3) is 0 Å². The molecule has 3 aromatic carbocycles. The molecule has 0 aliphatic carbocycles. The van der Waals surface area contributed by atoms with Crippen LogP contribution in [0, 0.1) is 70.2 Å². The van der Waals surface area contributed by atoms with E-state index in [0.717, 1.165) is 0 Å². The van der Waals surface area contributed by atoms with Crippen molar-refractivity contribution < 1.29 is 44.6 Å². The fraction of sp³-hybridized carbons (Fsp3) is 0.267. The van der Waals surface area contributed by atoms with Crippen molar-refractivity contribution in [3.63, 3.8) is 0 Å². The number of halogens is 8. The summed E-state index contributed by atoms with van der Waals surface area (Å²) in [7, 11) is 0. The summed E-state index contributed by atoms with van der Waals surface area (Å²) in [4.78, 5) is 0. The first kappa shape index (κ1) is 30.4. The third kappa shape index (κ3) is 6.69. The van der Waals surface area contributed by atoms with E-state index >= 15 is 0 Å². The quantitative estimate of drug-likeness (QED) is 0.119. The van der Waals surface area contributed by atoms with Gasteiger partial charge in [-0.1, -0.05) is 50.4 Å². The molecule has 0 N–H and O–H groups in total. The Morgan fingerprint density at radius 2 is 0.775 bits per heavy atom. The molecule has 0 unspecified atom stereocenters. The third-order valence-electron chi connectivity index (χ3n) is 5.48. The van der Waals surface area contributed by atoms with Crippen molar-refractivity contribution in [3.8, 4) is 35.2 Å². The molecule has 0 aromatic heterocycles. The molecule has 0 fully saturated rings. The highest BCUT2D eigenvalue weighted by molar-refractivity contribution is 5.51. The SMILES string of the molecule is CCCCOc1c(F)c(F)c(C#Cc2ccc(C#Cc3c(F)c(F)c(OCCCC)c(F)c3F)cc2)c(F)c1F. The lowest BCUT2D eigenvalue weighted by atomic mass is 10.1. The van der Waals surface area contributed by atoms with Crippen LogP contribution in [-0.2, 0) is 0 Å². The van der Waals surface area contributed by atoms with Gasteiger partial charge in [-0.3, -0.25) is 0 Å². The Kier molecular flexibility index (Phi) is 10.4. The first-order chi connectivity index (χ1) is 19.1. The lowest BCUT2D eigenvalue weighted by molar-refractivity contribution is 0.266. The monoisotopic (exact) mass is 566 g/mol. The van der Waals surface area contributed by atoms with Crippen LogP contribution < -0.4 is 9.47 Å². The van der Waals surface area contributed by atoms with Crippen molar-refractivity contribution in [1.29, 1.82) is 0 Å². The van der Waals surface area contributed by atoms with E-state index in [1.165, 1.54) is 24.3 Å². The van der Waals surface area contributed by atoms with Gasteiger partial charge in [-0.2, -0.15) is 17.6 Å². The van der Waals surface area contributed by atoms with Gasteiger partial charge in [0.2, 0.25) is 23.3 Å². The molecule has 0 atom stereocenters. The van der Waals surface area contributed by atoms with E-state index in [1.54, 1.807) is 13.8 Å². The van der Waals surface area contributed by atoms with Crippen LogP contribution in [0.1, 0.15) is 61.8 Å². The molecule has 0 aliphatic heterocycles. The van der Waals surface area contributed by atoms with Gasteiger partial charge in [-0.15, -0.1) is 0 Å². The average molecular weight is 566 g/mol. The Morgan fingerprint density at radius 3 is 1.05 bits per heavy atom. The zero-order valence-electron chi connectivity index (χ0n) is 21.4. The summed E-state index contributed by atoms with van der Waals surface area (Å²) < 4.78 is 124. The minimum absolute atomic E-state index is 0.134. The van der Waals surface area contributed by atoms with E-state index in [0.29, 0.717) is 25.7 Å². The molecule has 0 bridgehead atoms. The molecule has 0 spiro atoms. The maximum atomic E-state index is 14.4. The summed E-state index contributed by atoms with van der Waals surface area (Å²) in [5.41, 5.74) is -2.01. The normalized spacial score (nSPS) is 10.4. The lowest BCUT2D eigenvalue weighted by Gasteiger charge is -2.10. The topological polar surface area (TPSA) is 18.5 Å². The van der Waals surface area contributed by atoms with Crippen LogP contribution in [0.25, 0.3) is 0 Å². The van der Waals surface area contributed by atoms with Gasteiger partial charge in [0, 0.05) is 11.1 Å². The zero-order chi connectivity index (χ0) is 29.4. The lowest BCUT2D eigenvalue weighted by Crippen LogP contribution is -2.07. The fourth-order valence-electron chi connectivity index (χ4n) is 3.24. The van der Waals surface area contributed by atoms with E-state index in [2.05, 4.69) is 11.8 Å². The minimum Gasteiger partial charge on any atom is -0.487 e. The summed E-state index contributed by atoms with van der Waals surface area (Å²) >= 11 is 0. The predicted octanol–water partition coefficient (Wildman–Crippen LogP) is 7.96. The number of ether oxygens (including phenoxy) is 2. The number of benzene rings is 3. The standard InChI is InChI=1S/C30H22F8O2/c1-3-5-15-39-29-25(35)21(31)19(22(32)26(29)36)13-11-17-7-9-18(10-8-17)12-14-20-23(33)27(37)30(28(38)24(20)34)40-16-6-4-2/h7-10H,3-6,15-16H2,1-2H3. The van der Waals surface area contributed by atoms with Crippen molar-refractivity contribution in [2.75, 3.05) is 13.2 Å². The van der Waals surface area contributed by atoms with Gasteiger partial charge in [-0.25, -0.2) is 17.6 Å². The molecule has 0 saturated carbocycles. The van der Waals surface area contributed by atoms with E-state index in [9.17, 15) is 35.1 Å². The first-order valence-corrected chi connectivity index (χ1v) is 12.2. The van der Waals surface area contributed by atoms with Gasteiger partial charge in [0.1, 0.15) is 11.1 Å². The van der Waals surface area contributed by atoms with Gasteiger partial charge in [0.15, 0.2) is 34.8 Å². The molecule has 0 aliphatic rings. The van der Waals surface area contributed by atoms with E-state index < -0.39 is 69.2 Å². The van der Waals surface area contributed by atoms with Crippen LogP contribution in [0.3, 0.4) is 0 Å². The van der Waals surface area contributed by atoms with Crippen LogP contribution >= 0.6 is 0 Å². The molecule has 0 radical (unpaired) electrons. The van der Waals surface area contributed by atoms with Crippen LogP contribution in [0.5, 0.6) is 11.5 Å². The average Bonchev–Trinajstić information content (AvgIpc) is 2.95. The summed E-state index contributed by atoms with van der Waals surface area (Å²) in [6.07, 6.45) is 2.10. The molecule has 40 heavy (non-hydrogen) atoms. The third-order valence-corrected chi connectivity index (χ3v) is 5.48. The Balaban J connectivity index is 1.85. The van der Waals surface area contributed by atoms with Crippen LogP contribution in [0.15, 0.2) is 24.3 Å². The Labute approximate surface area is 225 Å². The first-order valence-electron chi connectivity index (χ1n) is 12.2. The van der Waals surface area contributed by atoms with Crippen molar-refractivity contribution in [2.24, 2.45) is 0 Å². The molecule has 10 heteroatoms. The minimum atomic E-state index is -1.72. The Morgan fingerprint density at radius 1 is 0.475 bits per heavy atom. The van der Waals surface area contributed by atoms with E-state index in [4.69, 9.17) is 9.47 Å². The number of hydrogen-bond acceptors (Lipinski definition) is 2. The van der Waals surface area contributed by atoms with Crippen molar-refractivity contribution in [3.05, 3.63) is 93.1 Å². The molecule has 210 valence electrons. The fourth-order valence-corrected chi connectivity index (χ4v) is 3.24. The Hall–Kier alpha value is -4.18. The van der Waals surface area contributed by atoms with Crippen molar-refractivity contribution in [1.82, 2.24) is 0 Å².